The Bertz CT molecular complexity index is 1550. The Morgan fingerprint density at radius 3 is 2.65 bits per heavy atom. The number of aromatic amines is 1. The third-order valence-electron chi connectivity index (χ3n) is 7.82. The summed E-state index contributed by atoms with van der Waals surface area (Å²) in [6.45, 7) is 0.508. The lowest BCUT2D eigenvalue weighted by molar-refractivity contribution is 0.0115. The zero-order chi connectivity index (χ0) is 27.7. The number of anilines is 1. The number of nitrogens with zero attached hydrogens (tertiary/aromatic N) is 4. The molecular weight excluding hydrogens is 514 g/mol. The average molecular weight is 545 g/mol. The number of likely N-dealkylation sites (tertiary alicyclic amines) is 1. The molecule has 1 aromatic carbocycles. The van der Waals surface area contributed by atoms with Gasteiger partial charge in [-0.2, -0.15) is 5.10 Å². The van der Waals surface area contributed by atoms with Crippen molar-refractivity contribution in [2.75, 3.05) is 18.4 Å². The third kappa shape index (κ3) is 5.77. The van der Waals surface area contributed by atoms with Gasteiger partial charge in [0.1, 0.15) is 5.69 Å². The first-order valence-electron chi connectivity index (χ1n) is 13.7. The summed E-state index contributed by atoms with van der Waals surface area (Å²) in [5, 5.41) is 10.6. The molecule has 0 spiro atoms. The number of rotatable bonds is 8. The van der Waals surface area contributed by atoms with Crippen LogP contribution in [0.2, 0.25) is 0 Å². The second-order valence-corrected chi connectivity index (χ2v) is 10.9. The highest BCUT2D eigenvalue weighted by Gasteiger charge is 2.37. The molecular formula is C30H30F2N6O2. The Balaban J connectivity index is 1.16. The average Bonchev–Trinajstić information content (AvgIpc) is 3.69. The van der Waals surface area contributed by atoms with Crippen LogP contribution in [-0.4, -0.2) is 55.8 Å². The number of hydrogen-bond acceptors (Lipinski definition) is 6. The van der Waals surface area contributed by atoms with Gasteiger partial charge >= 0.3 is 0 Å². The van der Waals surface area contributed by atoms with Crippen molar-refractivity contribution in [1.82, 2.24) is 25.1 Å². The normalized spacial score (nSPS) is 17.4. The van der Waals surface area contributed by atoms with Crippen LogP contribution in [0.4, 0.5) is 14.5 Å². The predicted octanol–water partition coefficient (Wildman–Crippen LogP) is 5.88. The van der Waals surface area contributed by atoms with Crippen LogP contribution in [-0.2, 0) is 6.54 Å². The van der Waals surface area contributed by atoms with Crippen LogP contribution in [0, 0.1) is 5.92 Å². The fraction of sp³-hybridized carbons (Fsp3) is 0.367. The van der Waals surface area contributed by atoms with E-state index in [4.69, 9.17) is 0 Å². The van der Waals surface area contributed by atoms with E-state index in [9.17, 15) is 18.4 Å². The molecule has 0 bridgehead atoms. The van der Waals surface area contributed by atoms with Gasteiger partial charge in [-0.15, -0.1) is 0 Å². The molecule has 1 saturated heterocycles. The van der Waals surface area contributed by atoms with Crippen LogP contribution >= 0.6 is 0 Å². The Kier molecular flexibility index (Phi) is 7.10. The monoisotopic (exact) mass is 544 g/mol. The summed E-state index contributed by atoms with van der Waals surface area (Å²) in [5.41, 5.74) is 4.30. The van der Waals surface area contributed by atoms with Crippen LogP contribution in [0.3, 0.4) is 0 Å². The number of carbonyl (C=O) groups excluding carboxylic acids is 2. The lowest BCUT2D eigenvalue weighted by atomic mass is 9.99. The maximum Gasteiger partial charge on any atom is 0.276 e. The molecule has 0 radical (unpaired) electrons. The van der Waals surface area contributed by atoms with Gasteiger partial charge in [-0.25, -0.2) is 8.78 Å². The molecule has 1 amide bonds. The summed E-state index contributed by atoms with van der Waals surface area (Å²) >= 11 is 0. The van der Waals surface area contributed by atoms with Crippen LogP contribution in [0.5, 0.6) is 0 Å². The van der Waals surface area contributed by atoms with E-state index < -0.39 is 11.8 Å². The van der Waals surface area contributed by atoms with Crippen molar-refractivity contribution in [2.24, 2.45) is 5.92 Å². The molecule has 4 aromatic rings. The van der Waals surface area contributed by atoms with Gasteiger partial charge in [-0.3, -0.25) is 29.6 Å². The minimum Gasteiger partial charge on any atom is -0.319 e. The van der Waals surface area contributed by atoms with Gasteiger partial charge in [0.2, 0.25) is 0 Å². The first-order valence-corrected chi connectivity index (χ1v) is 13.7. The van der Waals surface area contributed by atoms with Crippen molar-refractivity contribution in [1.29, 1.82) is 0 Å². The number of halogens is 2. The molecule has 2 aliphatic rings. The summed E-state index contributed by atoms with van der Waals surface area (Å²) in [5.74, 6) is -2.56. The van der Waals surface area contributed by atoms with Crippen molar-refractivity contribution >= 4 is 28.3 Å². The zero-order valence-electron chi connectivity index (χ0n) is 22.0. The van der Waals surface area contributed by atoms with Crippen LogP contribution < -0.4 is 5.32 Å². The third-order valence-corrected chi connectivity index (χ3v) is 7.82. The number of hydrogen-bond donors (Lipinski definition) is 2. The fourth-order valence-corrected chi connectivity index (χ4v) is 5.70. The van der Waals surface area contributed by atoms with Gasteiger partial charge in [0.15, 0.2) is 11.5 Å². The number of nitrogens with one attached hydrogen (secondary N) is 2. The molecule has 2 fully saturated rings. The van der Waals surface area contributed by atoms with E-state index in [1.165, 1.54) is 19.0 Å². The van der Waals surface area contributed by atoms with E-state index in [1.807, 2.05) is 24.3 Å². The van der Waals surface area contributed by atoms with E-state index in [-0.39, 0.29) is 24.4 Å². The summed E-state index contributed by atoms with van der Waals surface area (Å²) in [7, 11) is 0. The molecule has 2 N–H and O–H groups in total. The number of carbonyl (C=O) groups is 2. The largest absolute Gasteiger partial charge is 0.319 e. The van der Waals surface area contributed by atoms with Crippen molar-refractivity contribution in [3.05, 3.63) is 71.9 Å². The number of aromatic nitrogens is 4. The molecule has 1 saturated carbocycles. The summed E-state index contributed by atoms with van der Waals surface area (Å²) in [6, 6.07) is 10.9. The van der Waals surface area contributed by atoms with Gasteiger partial charge in [0.25, 0.3) is 11.8 Å². The molecule has 4 heterocycles. The number of benzene rings is 1. The van der Waals surface area contributed by atoms with E-state index in [0.717, 1.165) is 29.5 Å². The molecule has 1 aliphatic carbocycles. The molecule has 40 heavy (non-hydrogen) atoms. The molecule has 0 atom stereocenters. The first kappa shape index (κ1) is 26.2. The first-order chi connectivity index (χ1) is 19.3. The number of H-pyrrole nitrogens is 1. The maximum absolute atomic E-state index is 13.6. The topological polar surface area (TPSA) is 104 Å². The Labute approximate surface area is 230 Å². The van der Waals surface area contributed by atoms with E-state index in [2.05, 4.69) is 25.5 Å². The van der Waals surface area contributed by atoms with Gasteiger partial charge in [0, 0.05) is 49.3 Å². The van der Waals surface area contributed by atoms with Crippen molar-refractivity contribution in [3.8, 4) is 11.1 Å². The second kappa shape index (κ2) is 10.8. The molecule has 0 unspecified atom stereocenters. The number of alkyl halides is 2. The van der Waals surface area contributed by atoms with Crippen molar-refractivity contribution in [2.45, 2.75) is 51.0 Å². The minimum absolute atomic E-state index is 0.0347. The summed E-state index contributed by atoms with van der Waals surface area (Å²) < 4.78 is 27.2. The van der Waals surface area contributed by atoms with Gasteiger partial charge in [-0.1, -0.05) is 31.7 Å². The number of ketones is 1. The smallest absolute Gasteiger partial charge is 0.276 e. The number of amides is 1. The fourth-order valence-electron chi connectivity index (χ4n) is 5.70. The lowest BCUT2D eigenvalue weighted by Crippen LogP contribution is -2.24. The zero-order valence-corrected chi connectivity index (χ0v) is 22.0. The predicted molar refractivity (Wildman–Crippen MR) is 147 cm³/mol. The Morgan fingerprint density at radius 1 is 1.05 bits per heavy atom. The van der Waals surface area contributed by atoms with E-state index in [0.29, 0.717) is 47.7 Å². The molecule has 3 aromatic heterocycles. The van der Waals surface area contributed by atoms with E-state index in [1.54, 1.807) is 29.4 Å². The molecule has 10 heteroatoms. The number of pyridine rings is 2. The highest BCUT2D eigenvalue weighted by atomic mass is 19.3. The van der Waals surface area contributed by atoms with Gasteiger partial charge in [-0.05, 0) is 47.4 Å². The van der Waals surface area contributed by atoms with Crippen LogP contribution in [0.15, 0.2) is 55.0 Å². The van der Waals surface area contributed by atoms with Crippen molar-refractivity contribution < 1.29 is 18.4 Å². The van der Waals surface area contributed by atoms with Crippen LogP contribution in [0.25, 0.3) is 22.0 Å². The van der Waals surface area contributed by atoms with E-state index >= 15 is 0 Å². The molecule has 1 aliphatic heterocycles. The number of Topliss-reactive ketones (excluding diaryl/α,β-unsaturated/α-hetero) is 1. The minimum atomic E-state index is -2.64. The highest BCUT2D eigenvalue weighted by molar-refractivity contribution is 6.11. The van der Waals surface area contributed by atoms with Crippen LogP contribution in [0.1, 0.15) is 65.1 Å². The number of fused-ring (bicyclic) bond motifs is 1. The summed E-state index contributed by atoms with van der Waals surface area (Å²) in [4.78, 5) is 36.0. The highest BCUT2D eigenvalue weighted by Crippen LogP contribution is 2.30. The van der Waals surface area contributed by atoms with Gasteiger partial charge < -0.3 is 5.32 Å². The Hall–Kier alpha value is -4.05. The standard InChI is InChI=1S/C30H30F2N6O2/c31-30(32)9-10-38(18-30)17-20-11-22(15-33-14-20)21-5-7-25-24(13-21)28(37-36-25)29(40)35-23-6-8-26(34-16-23)27(39)12-19-3-1-2-4-19/h5-8,11,13-16,19H,1-4,9-10,12,17-18H2,(H,35,40)(H,36,37). The molecule has 8 nitrogen and oxygen atoms in total. The van der Waals surface area contributed by atoms with Gasteiger partial charge in [0.05, 0.1) is 23.9 Å². The lowest BCUT2D eigenvalue weighted by Gasteiger charge is -2.15. The SMILES string of the molecule is O=C(CC1CCCC1)c1ccc(NC(=O)c2n[nH]c3ccc(-c4cncc(CN5CCC(F)(F)C5)c4)cc23)cn1. The summed E-state index contributed by atoms with van der Waals surface area (Å²) in [6.07, 6.45) is 9.86. The maximum atomic E-state index is 13.6. The molecule has 6 rings (SSSR count). The van der Waals surface area contributed by atoms with Crippen molar-refractivity contribution in [3.63, 3.8) is 0 Å². The quantitative estimate of drug-likeness (QED) is 0.269. The Morgan fingerprint density at radius 2 is 1.90 bits per heavy atom. The second-order valence-electron chi connectivity index (χ2n) is 10.9. The molecule has 206 valence electrons.